The molecule has 0 aliphatic carbocycles. The van der Waals surface area contributed by atoms with Crippen molar-refractivity contribution in [3.8, 4) is 0 Å². The smallest absolute Gasteiger partial charge is 0.272 e. The van der Waals surface area contributed by atoms with E-state index in [1.54, 1.807) is 18.5 Å². The quantitative estimate of drug-likeness (QED) is 0.472. The van der Waals surface area contributed by atoms with Crippen LogP contribution in [-0.2, 0) is 6.54 Å². The highest BCUT2D eigenvalue weighted by Gasteiger charge is 2.20. The number of nitrogens with one attached hydrogen (secondary N) is 1. The van der Waals surface area contributed by atoms with E-state index in [0.717, 1.165) is 27.8 Å². The Morgan fingerprint density at radius 1 is 0.933 bits per heavy atom. The summed E-state index contributed by atoms with van der Waals surface area (Å²) in [6, 6.07) is 23.7. The fourth-order valence-corrected chi connectivity index (χ4v) is 3.37. The first kappa shape index (κ1) is 19.6. The summed E-state index contributed by atoms with van der Waals surface area (Å²) in [7, 11) is 0. The first-order valence-electron chi connectivity index (χ1n) is 10.0. The van der Waals surface area contributed by atoms with Gasteiger partial charge in [0.25, 0.3) is 5.91 Å². The minimum Gasteiger partial charge on any atom is -0.352 e. The Bertz CT molecular complexity index is 1140. The van der Waals surface area contributed by atoms with Gasteiger partial charge >= 0.3 is 0 Å². The van der Waals surface area contributed by atoms with Crippen molar-refractivity contribution in [2.24, 2.45) is 0 Å². The molecule has 1 N–H and O–H groups in total. The first-order valence-corrected chi connectivity index (χ1v) is 10.0. The van der Waals surface area contributed by atoms with Crippen molar-refractivity contribution < 1.29 is 4.79 Å². The lowest BCUT2D eigenvalue weighted by molar-refractivity contribution is 0.0684. The van der Waals surface area contributed by atoms with Crippen LogP contribution in [0.4, 0.5) is 11.4 Å². The van der Waals surface area contributed by atoms with E-state index in [9.17, 15) is 4.79 Å². The Kier molecular flexibility index (Phi) is 5.70. The highest BCUT2D eigenvalue weighted by molar-refractivity contribution is 5.94. The van der Waals surface area contributed by atoms with Crippen molar-refractivity contribution in [1.82, 2.24) is 14.9 Å². The van der Waals surface area contributed by atoms with Crippen LogP contribution >= 0.6 is 0 Å². The van der Waals surface area contributed by atoms with Gasteiger partial charge in [0.05, 0.1) is 23.1 Å². The van der Waals surface area contributed by atoms with Gasteiger partial charge in [-0.05, 0) is 43.7 Å². The van der Waals surface area contributed by atoms with E-state index in [0.29, 0.717) is 12.2 Å². The van der Waals surface area contributed by atoms with Gasteiger partial charge in [0.15, 0.2) is 0 Å². The number of carbonyl (C=O) groups is 1. The zero-order chi connectivity index (χ0) is 20.9. The lowest BCUT2D eigenvalue weighted by Crippen LogP contribution is -2.36. The number of pyridine rings is 2. The molecule has 0 spiro atoms. The van der Waals surface area contributed by atoms with Gasteiger partial charge < -0.3 is 10.2 Å². The number of hydrogen-bond acceptors (Lipinski definition) is 4. The molecule has 2 aromatic carbocycles. The Morgan fingerprint density at radius 2 is 1.73 bits per heavy atom. The molecule has 0 radical (unpaired) electrons. The molecule has 2 aromatic heterocycles. The van der Waals surface area contributed by atoms with E-state index in [-0.39, 0.29) is 11.9 Å². The molecule has 0 saturated carbocycles. The van der Waals surface area contributed by atoms with Crippen molar-refractivity contribution >= 4 is 28.2 Å². The monoisotopic (exact) mass is 396 g/mol. The second-order valence-electron chi connectivity index (χ2n) is 7.45. The topological polar surface area (TPSA) is 58.1 Å². The minimum absolute atomic E-state index is 0.0686. The Hall–Kier alpha value is -3.73. The molecule has 0 bridgehead atoms. The van der Waals surface area contributed by atoms with Crippen LogP contribution < -0.4 is 5.32 Å². The van der Waals surface area contributed by atoms with Gasteiger partial charge in [0.2, 0.25) is 0 Å². The molecule has 5 heteroatoms. The lowest BCUT2D eigenvalue weighted by atomic mass is 10.1. The molecule has 4 rings (SSSR count). The van der Waals surface area contributed by atoms with E-state index in [2.05, 4.69) is 15.3 Å². The lowest BCUT2D eigenvalue weighted by Gasteiger charge is -2.26. The molecule has 1 amide bonds. The van der Waals surface area contributed by atoms with E-state index >= 15 is 0 Å². The van der Waals surface area contributed by atoms with Gasteiger partial charge in [0.1, 0.15) is 5.69 Å². The van der Waals surface area contributed by atoms with Crippen LogP contribution in [0.5, 0.6) is 0 Å². The van der Waals surface area contributed by atoms with E-state index in [1.807, 2.05) is 85.5 Å². The maximum atomic E-state index is 13.1. The number of amides is 1. The van der Waals surface area contributed by atoms with Gasteiger partial charge in [-0.1, -0.05) is 48.5 Å². The molecule has 0 aliphatic heterocycles. The fraction of sp³-hybridized carbons (Fsp3) is 0.160. The standard InChI is InChI=1S/C25H24N4O/c1-18(2)29(17-19-8-4-3-5-9-19)25(30)23-14-13-21(16-27-23)28-22-12-6-10-20-11-7-15-26-24(20)22/h3-16,18,28H,17H2,1-2H3. The van der Waals surface area contributed by atoms with Crippen LogP contribution in [0.3, 0.4) is 0 Å². The Labute approximate surface area is 176 Å². The van der Waals surface area contributed by atoms with Crippen molar-refractivity contribution in [3.63, 3.8) is 0 Å². The third kappa shape index (κ3) is 4.30. The second-order valence-corrected chi connectivity index (χ2v) is 7.45. The number of rotatable bonds is 6. The maximum Gasteiger partial charge on any atom is 0.272 e. The largest absolute Gasteiger partial charge is 0.352 e. The van der Waals surface area contributed by atoms with Crippen LogP contribution in [0.2, 0.25) is 0 Å². The molecule has 5 nitrogen and oxygen atoms in total. The number of hydrogen-bond donors (Lipinski definition) is 1. The highest BCUT2D eigenvalue weighted by atomic mass is 16.2. The molecular formula is C25H24N4O. The summed E-state index contributed by atoms with van der Waals surface area (Å²) in [6.45, 7) is 4.59. The zero-order valence-corrected chi connectivity index (χ0v) is 17.1. The van der Waals surface area contributed by atoms with E-state index in [4.69, 9.17) is 0 Å². The SMILES string of the molecule is CC(C)N(Cc1ccccc1)C(=O)c1ccc(Nc2cccc3cccnc23)cn1. The van der Waals surface area contributed by atoms with Crippen LogP contribution in [0, 0.1) is 0 Å². The van der Waals surface area contributed by atoms with Crippen molar-refractivity contribution in [3.05, 3.63) is 96.4 Å². The normalized spacial score (nSPS) is 10.9. The summed E-state index contributed by atoms with van der Waals surface area (Å²) in [5.41, 5.74) is 4.14. The number of nitrogens with zero attached hydrogens (tertiary/aromatic N) is 3. The van der Waals surface area contributed by atoms with Gasteiger partial charge in [0, 0.05) is 24.2 Å². The zero-order valence-electron chi connectivity index (χ0n) is 17.1. The minimum atomic E-state index is -0.0766. The van der Waals surface area contributed by atoms with Crippen LogP contribution in [0.25, 0.3) is 10.9 Å². The van der Waals surface area contributed by atoms with E-state index in [1.165, 1.54) is 0 Å². The number of anilines is 2. The number of fused-ring (bicyclic) bond motifs is 1. The number of carbonyl (C=O) groups excluding carboxylic acids is 1. The molecule has 0 atom stereocenters. The summed E-state index contributed by atoms with van der Waals surface area (Å²) in [4.78, 5) is 23.8. The summed E-state index contributed by atoms with van der Waals surface area (Å²) in [5.74, 6) is -0.0766. The maximum absolute atomic E-state index is 13.1. The van der Waals surface area contributed by atoms with Gasteiger partial charge in [-0.25, -0.2) is 4.98 Å². The molecule has 30 heavy (non-hydrogen) atoms. The Morgan fingerprint density at radius 3 is 2.47 bits per heavy atom. The summed E-state index contributed by atoms with van der Waals surface area (Å²) >= 11 is 0. The van der Waals surface area contributed by atoms with Gasteiger partial charge in [-0.15, -0.1) is 0 Å². The molecule has 0 saturated heterocycles. The molecule has 0 unspecified atom stereocenters. The van der Waals surface area contributed by atoms with Gasteiger partial charge in [-0.2, -0.15) is 0 Å². The molecule has 0 fully saturated rings. The molecule has 4 aromatic rings. The number of aromatic nitrogens is 2. The fourth-order valence-electron chi connectivity index (χ4n) is 3.37. The highest BCUT2D eigenvalue weighted by Crippen LogP contribution is 2.24. The third-order valence-electron chi connectivity index (χ3n) is 4.97. The average molecular weight is 396 g/mol. The van der Waals surface area contributed by atoms with Crippen molar-refractivity contribution in [2.45, 2.75) is 26.4 Å². The molecular weight excluding hydrogens is 372 g/mol. The van der Waals surface area contributed by atoms with E-state index < -0.39 is 0 Å². The molecule has 2 heterocycles. The first-order chi connectivity index (χ1) is 14.6. The number of benzene rings is 2. The number of para-hydroxylation sites is 1. The third-order valence-corrected chi connectivity index (χ3v) is 4.97. The Balaban J connectivity index is 1.52. The predicted octanol–water partition coefficient (Wildman–Crippen LogP) is 5.42. The van der Waals surface area contributed by atoms with Crippen molar-refractivity contribution in [2.75, 3.05) is 5.32 Å². The summed E-state index contributed by atoms with van der Waals surface area (Å²) in [5, 5.41) is 4.42. The van der Waals surface area contributed by atoms with Gasteiger partial charge in [-0.3, -0.25) is 9.78 Å². The second kappa shape index (κ2) is 8.74. The molecule has 150 valence electrons. The summed E-state index contributed by atoms with van der Waals surface area (Å²) < 4.78 is 0. The van der Waals surface area contributed by atoms with Crippen LogP contribution in [-0.4, -0.2) is 26.8 Å². The predicted molar refractivity (Wildman–Crippen MR) is 121 cm³/mol. The summed E-state index contributed by atoms with van der Waals surface area (Å²) in [6.07, 6.45) is 3.47. The van der Waals surface area contributed by atoms with Crippen LogP contribution in [0.15, 0.2) is 85.2 Å². The average Bonchev–Trinajstić information content (AvgIpc) is 2.78. The van der Waals surface area contributed by atoms with Crippen LogP contribution in [0.1, 0.15) is 29.9 Å². The van der Waals surface area contributed by atoms with Crippen molar-refractivity contribution in [1.29, 1.82) is 0 Å². The molecule has 0 aliphatic rings.